The van der Waals surface area contributed by atoms with Gasteiger partial charge in [0.05, 0.1) is 17.4 Å². The lowest BCUT2D eigenvalue weighted by Gasteiger charge is -2.68. The van der Waals surface area contributed by atoms with E-state index in [4.69, 9.17) is 11.6 Å². The Labute approximate surface area is 142 Å². The molecule has 3 heterocycles. The molecule has 6 heteroatoms. The molecule has 0 unspecified atom stereocenters. The van der Waals surface area contributed by atoms with Gasteiger partial charge in [-0.2, -0.15) is 0 Å². The fourth-order valence-electron chi connectivity index (χ4n) is 4.31. The van der Waals surface area contributed by atoms with Gasteiger partial charge in [0.15, 0.2) is 0 Å². The number of carboxylic acid groups (broad SMARTS) is 1. The number of aryl methyl sites for hydroxylation is 1. The summed E-state index contributed by atoms with van der Waals surface area (Å²) >= 11 is 6.06. The predicted molar refractivity (Wildman–Crippen MR) is 91.2 cm³/mol. The lowest BCUT2D eigenvalue weighted by molar-refractivity contribution is -0.0311. The first-order valence-electron chi connectivity index (χ1n) is 8.04. The van der Waals surface area contributed by atoms with Gasteiger partial charge in [0.2, 0.25) is 0 Å². The summed E-state index contributed by atoms with van der Waals surface area (Å²) in [4.78, 5) is 19.7. The van der Waals surface area contributed by atoms with Gasteiger partial charge in [-0.1, -0.05) is 32.4 Å². The van der Waals surface area contributed by atoms with E-state index >= 15 is 0 Å². The lowest BCUT2D eigenvalue weighted by atomic mass is 9.57. The molecule has 2 fully saturated rings. The zero-order chi connectivity index (χ0) is 17.0. The lowest BCUT2D eigenvalue weighted by Crippen LogP contribution is -2.79. The molecule has 23 heavy (non-hydrogen) atoms. The molecule has 0 saturated carbocycles. The molecule has 5 nitrogen and oxygen atoms in total. The molecule has 1 aromatic heterocycles. The van der Waals surface area contributed by atoms with Crippen molar-refractivity contribution in [3.8, 4) is 0 Å². The van der Waals surface area contributed by atoms with Crippen molar-refractivity contribution < 1.29 is 9.90 Å². The number of halogens is 1. The number of hydrogen-bond donors (Lipinski definition) is 1. The standard InChI is InChI=1S/C17H24ClN3O2/c1-11-7-13(8-19-14(11)18)21-9-12-5-6-20(15(22)23)10-17(12,21)16(2,3)4/h7-8,12H,5-6,9-10H2,1-4H3,(H,22,23)/t12-,17+/m0/s1. The van der Waals surface area contributed by atoms with E-state index in [1.807, 2.05) is 6.92 Å². The molecule has 0 bridgehead atoms. The van der Waals surface area contributed by atoms with Crippen molar-refractivity contribution in [3.05, 3.63) is 23.0 Å². The predicted octanol–water partition coefficient (Wildman–Crippen LogP) is 3.65. The highest BCUT2D eigenvalue weighted by atomic mass is 35.5. The van der Waals surface area contributed by atoms with Gasteiger partial charge in [0.1, 0.15) is 5.15 Å². The molecule has 2 atom stereocenters. The number of amides is 1. The van der Waals surface area contributed by atoms with Crippen LogP contribution in [0.2, 0.25) is 5.15 Å². The van der Waals surface area contributed by atoms with Crippen molar-refractivity contribution in [2.75, 3.05) is 24.5 Å². The third-order valence-electron chi connectivity index (χ3n) is 5.62. The quantitative estimate of drug-likeness (QED) is 0.795. The van der Waals surface area contributed by atoms with E-state index in [2.05, 4.69) is 36.7 Å². The maximum absolute atomic E-state index is 11.5. The molecule has 0 radical (unpaired) electrons. The molecule has 2 aliphatic heterocycles. The van der Waals surface area contributed by atoms with Crippen LogP contribution in [0.25, 0.3) is 0 Å². The Morgan fingerprint density at radius 1 is 1.48 bits per heavy atom. The van der Waals surface area contributed by atoms with E-state index in [1.54, 1.807) is 11.1 Å². The van der Waals surface area contributed by atoms with Crippen LogP contribution in [-0.2, 0) is 0 Å². The maximum atomic E-state index is 11.5. The van der Waals surface area contributed by atoms with Gasteiger partial charge in [-0.05, 0) is 30.4 Å². The minimum absolute atomic E-state index is 0.0441. The largest absolute Gasteiger partial charge is 0.465 e. The van der Waals surface area contributed by atoms with E-state index < -0.39 is 6.09 Å². The average Bonchev–Trinajstić information content (AvgIpc) is 2.42. The van der Waals surface area contributed by atoms with Gasteiger partial charge in [0.25, 0.3) is 0 Å². The molecule has 1 N–H and O–H groups in total. The molecule has 2 aliphatic rings. The third-order valence-corrected chi connectivity index (χ3v) is 6.02. The zero-order valence-electron chi connectivity index (χ0n) is 14.1. The molecule has 0 spiro atoms. The highest BCUT2D eigenvalue weighted by molar-refractivity contribution is 6.30. The molecule has 126 valence electrons. The first-order chi connectivity index (χ1) is 10.7. The molecule has 1 amide bonds. The number of hydrogen-bond acceptors (Lipinski definition) is 3. The van der Waals surface area contributed by atoms with Crippen LogP contribution in [0, 0.1) is 18.3 Å². The van der Waals surface area contributed by atoms with Gasteiger partial charge in [-0.3, -0.25) is 0 Å². The minimum atomic E-state index is -0.829. The molecular formula is C17H24ClN3O2. The van der Waals surface area contributed by atoms with Crippen LogP contribution in [-0.4, -0.2) is 46.3 Å². The molecule has 1 aromatic rings. The first kappa shape index (κ1) is 16.4. The fraction of sp³-hybridized carbons (Fsp3) is 0.647. The third kappa shape index (κ3) is 2.36. The summed E-state index contributed by atoms with van der Waals surface area (Å²) in [6.07, 6.45) is 1.89. The molecule has 3 rings (SSSR count). The Morgan fingerprint density at radius 3 is 2.74 bits per heavy atom. The smallest absolute Gasteiger partial charge is 0.407 e. The van der Waals surface area contributed by atoms with Crippen LogP contribution < -0.4 is 4.90 Å². The second kappa shape index (κ2) is 5.26. The maximum Gasteiger partial charge on any atom is 0.407 e. The summed E-state index contributed by atoms with van der Waals surface area (Å²) in [7, 11) is 0. The van der Waals surface area contributed by atoms with Gasteiger partial charge < -0.3 is 14.9 Å². The molecule has 0 aliphatic carbocycles. The summed E-state index contributed by atoms with van der Waals surface area (Å²) in [5.74, 6) is 0.508. The second-order valence-electron chi connectivity index (χ2n) is 7.78. The first-order valence-corrected chi connectivity index (χ1v) is 8.42. The Balaban J connectivity index is 2.01. The van der Waals surface area contributed by atoms with Gasteiger partial charge >= 0.3 is 6.09 Å². The molecular weight excluding hydrogens is 314 g/mol. The average molecular weight is 338 g/mol. The van der Waals surface area contributed by atoms with Crippen LogP contribution >= 0.6 is 11.6 Å². The van der Waals surface area contributed by atoms with E-state index in [9.17, 15) is 9.90 Å². The Bertz CT molecular complexity index is 643. The number of fused-ring (bicyclic) bond motifs is 1. The van der Waals surface area contributed by atoms with Crippen molar-refractivity contribution in [1.29, 1.82) is 0 Å². The summed E-state index contributed by atoms with van der Waals surface area (Å²) in [6.45, 7) is 10.7. The van der Waals surface area contributed by atoms with Crippen molar-refractivity contribution in [3.63, 3.8) is 0 Å². The number of pyridine rings is 1. The normalized spacial score (nSPS) is 27.4. The van der Waals surface area contributed by atoms with Crippen LogP contribution in [0.1, 0.15) is 32.8 Å². The topological polar surface area (TPSA) is 56.7 Å². The number of rotatable bonds is 1. The minimum Gasteiger partial charge on any atom is -0.465 e. The second-order valence-corrected chi connectivity index (χ2v) is 8.13. The number of nitrogens with zero attached hydrogens (tertiary/aromatic N) is 3. The van der Waals surface area contributed by atoms with Crippen molar-refractivity contribution >= 4 is 23.4 Å². The summed E-state index contributed by atoms with van der Waals surface area (Å²) in [6, 6.07) is 2.05. The number of carbonyl (C=O) groups is 1. The van der Waals surface area contributed by atoms with E-state index in [1.165, 1.54) is 0 Å². The van der Waals surface area contributed by atoms with Gasteiger partial charge in [0, 0.05) is 25.6 Å². The van der Waals surface area contributed by atoms with Crippen LogP contribution in [0.4, 0.5) is 10.5 Å². The van der Waals surface area contributed by atoms with Crippen molar-refractivity contribution in [2.24, 2.45) is 11.3 Å². The SMILES string of the molecule is Cc1cc(N2C[C@@H]3CCN(C(=O)O)C[C@]32C(C)(C)C)cnc1Cl. The fourth-order valence-corrected chi connectivity index (χ4v) is 4.42. The van der Waals surface area contributed by atoms with Crippen LogP contribution in [0.5, 0.6) is 0 Å². The van der Waals surface area contributed by atoms with Crippen molar-refractivity contribution in [1.82, 2.24) is 9.88 Å². The number of anilines is 1. The Morgan fingerprint density at radius 2 is 2.17 bits per heavy atom. The highest BCUT2D eigenvalue weighted by Gasteiger charge is 2.62. The summed E-state index contributed by atoms with van der Waals surface area (Å²) in [5.41, 5.74) is 1.75. The van der Waals surface area contributed by atoms with Crippen LogP contribution in [0.15, 0.2) is 12.3 Å². The molecule has 2 saturated heterocycles. The molecule has 0 aromatic carbocycles. The number of likely N-dealkylation sites (tertiary alicyclic amines) is 1. The van der Waals surface area contributed by atoms with E-state index in [0.29, 0.717) is 24.2 Å². The van der Waals surface area contributed by atoms with Crippen LogP contribution in [0.3, 0.4) is 0 Å². The van der Waals surface area contributed by atoms with Gasteiger partial charge in [-0.15, -0.1) is 0 Å². The van der Waals surface area contributed by atoms with Gasteiger partial charge in [-0.25, -0.2) is 9.78 Å². The van der Waals surface area contributed by atoms with E-state index in [-0.39, 0.29) is 11.0 Å². The van der Waals surface area contributed by atoms with E-state index in [0.717, 1.165) is 24.2 Å². The Kier molecular flexibility index (Phi) is 3.75. The monoisotopic (exact) mass is 337 g/mol. The number of piperidine rings is 1. The summed E-state index contributed by atoms with van der Waals surface area (Å²) in [5, 5.41) is 9.98. The Hall–Kier alpha value is -1.49. The zero-order valence-corrected chi connectivity index (χ0v) is 14.9. The summed E-state index contributed by atoms with van der Waals surface area (Å²) < 4.78 is 0. The van der Waals surface area contributed by atoms with Crippen molar-refractivity contribution in [2.45, 2.75) is 39.7 Å². The number of aromatic nitrogens is 1. The highest BCUT2D eigenvalue weighted by Crippen LogP contribution is 2.54.